The molecule has 2 rings (SSSR count). The zero-order valence-corrected chi connectivity index (χ0v) is 15.6. The fourth-order valence-electron chi connectivity index (χ4n) is 2.34. The molecule has 0 unspecified atom stereocenters. The standard InChI is InChI=1S/C18H19NO6S/c1-11-16(24-3)9-14(10-17(11)25-4)18(21)19-26(22,23)15-7-5-6-13(8-15)12(2)20/h5-10H,1-4H3,(H,19,21). The van der Waals surface area contributed by atoms with Crippen LogP contribution in [0.1, 0.15) is 33.2 Å². The molecule has 0 aromatic heterocycles. The highest BCUT2D eigenvalue weighted by molar-refractivity contribution is 7.90. The molecule has 0 fully saturated rings. The number of benzene rings is 2. The Hall–Kier alpha value is -2.87. The Labute approximate surface area is 152 Å². The third-order valence-corrected chi connectivity index (χ3v) is 5.12. The molecule has 0 saturated heterocycles. The van der Waals surface area contributed by atoms with Gasteiger partial charge in [-0.2, -0.15) is 0 Å². The average Bonchev–Trinajstić information content (AvgIpc) is 2.61. The van der Waals surface area contributed by atoms with Gasteiger partial charge in [-0.3, -0.25) is 9.59 Å². The number of carbonyl (C=O) groups excluding carboxylic acids is 2. The molecular weight excluding hydrogens is 358 g/mol. The van der Waals surface area contributed by atoms with Gasteiger partial charge >= 0.3 is 0 Å². The molecule has 0 spiro atoms. The summed E-state index contributed by atoms with van der Waals surface area (Å²) in [5.74, 6) is -0.327. The first-order valence-electron chi connectivity index (χ1n) is 7.60. The second-order valence-electron chi connectivity index (χ2n) is 5.52. The number of sulfonamides is 1. The van der Waals surface area contributed by atoms with E-state index >= 15 is 0 Å². The monoisotopic (exact) mass is 377 g/mol. The lowest BCUT2D eigenvalue weighted by molar-refractivity contribution is 0.0979. The molecule has 2 aromatic rings. The van der Waals surface area contributed by atoms with Gasteiger partial charge < -0.3 is 9.47 Å². The molecule has 2 aromatic carbocycles. The second kappa shape index (κ2) is 7.57. The molecule has 8 heteroatoms. The summed E-state index contributed by atoms with van der Waals surface area (Å²) in [6.45, 7) is 3.08. The predicted molar refractivity (Wildman–Crippen MR) is 95.4 cm³/mol. The third kappa shape index (κ3) is 4.02. The maximum Gasteiger partial charge on any atom is 0.265 e. The number of ketones is 1. The Kier molecular flexibility index (Phi) is 5.66. The lowest BCUT2D eigenvalue weighted by atomic mass is 10.1. The molecule has 0 saturated carbocycles. The number of nitrogens with one attached hydrogen (secondary N) is 1. The summed E-state index contributed by atoms with van der Waals surface area (Å²) < 4.78 is 37.3. The molecule has 0 atom stereocenters. The molecule has 26 heavy (non-hydrogen) atoms. The quantitative estimate of drug-likeness (QED) is 0.776. The Morgan fingerprint density at radius 3 is 2.04 bits per heavy atom. The number of hydrogen-bond donors (Lipinski definition) is 1. The van der Waals surface area contributed by atoms with Gasteiger partial charge in [0.25, 0.3) is 15.9 Å². The van der Waals surface area contributed by atoms with E-state index in [9.17, 15) is 18.0 Å². The summed E-state index contributed by atoms with van der Waals surface area (Å²) in [5, 5.41) is 0. The number of hydrogen-bond acceptors (Lipinski definition) is 6. The highest BCUT2D eigenvalue weighted by Gasteiger charge is 2.21. The van der Waals surface area contributed by atoms with Crippen molar-refractivity contribution in [1.82, 2.24) is 4.72 Å². The summed E-state index contributed by atoms with van der Waals surface area (Å²) in [6.07, 6.45) is 0. The number of ether oxygens (including phenoxy) is 2. The van der Waals surface area contributed by atoms with Crippen LogP contribution in [0.15, 0.2) is 41.3 Å². The molecule has 0 aliphatic carbocycles. The molecule has 0 bridgehead atoms. The topological polar surface area (TPSA) is 98.8 Å². The van der Waals surface area contributed by atoms with Crippen LogP contribution in [-0.2, 0) is 10.0 Å². The Morgan fingerprint density at radius 2 is 1.54 bits per heavy atom. The largest absolute Gasteiger partial charge is 0.496 e. The van der Waals surface area contributed by atoms with E-state index < -0.39 is 15.9 Å². The van der Waals surface area contributed by atoms with Crippen LogP contribution in [0.5, 0.6) is 11.5 Å². The molecule has 0 radical (unpaired) electrons. The fraction of sp³-hybridized carbons (Fsp3) is 0.222. The van der Waals surface area contributed by atoms with E-state index in [2.05, 4.69) is 0 Å². The van der Waals surface area contributed by atoms with Crippen LogP contribution < -0.4 is 14.2 Å². The minimum atomic E-state index is -4.15. The van der Waals surface area contributed by atoms with E-state index in [1.807, 2.05) is 4.72 Å². The van der Waals surface area contributed by atoms with Crippen LogP contribution in [-0.4, -0.2) is 34.3 Å². The predicted octanol–water partition coefficient (Wildman–Crippen LogP) is 2.33. The molecule has 0 aliphatic rings. The van der Waals surface area contributed by atoms with Crippen LogP contribution >= 0.6 is 0 Å². The first kappa shape index (κ1) is 19.5. The van der Waals surface area contributed by atoms with Gasteiger partial charge in [-0.25, -0.2) is 13.1 Å². The molecule has 0 heterocycles. The summed E-state index contributed by atoms with van der Waals surface area (Å²) in [7, 11) is -1.27. The Bertz CT molecular complexity index is 940. The van der Waals surface area contributed by atoms with Crippen molar-refractivity contribution in [2.24, 2.45) is 0 Å². The normalized spacial score (nSPS) is 10.9. The first-order chi connectivity index (χ1) is 12.2. The van der Waals surface area contributed by atoms with Gasteiger partial charge in [-0.15, -0.1) is 0 Å². The van der Waals surface area contributed by atoms with Crippen molar-refractivity contribution in [1.29, 1.82) is 0 Å². The van der Waals surface area contributed by atoms with Crippen LogP contribution in [0, 0.1) is 6.92 Å². The van der Waals surface area contributed by atoms with Crippen molar-refractivity contribution in [3.63, 3.8) is 0 Å². The lowest BCUT2D eigenvalue weighted by Gasteiger charge is -2.13. The first-order valence-corrected chi connectivity index (χ1v) is 9.08. The van der Waals surface area contributed by atoms with Gasteiger partial charge in [0.05, 0.1) is 19.1 Å². The van der Waals surface area contributed by atoms with Crippen molar-refractivity contribution < 1.29 is 27.5 Å². The van der Waals surface area contributed by atoms with E-state index in [0.29, 0.717) is 17.1 Å². The maximum absolute atomic E-state index is 12.5. The highest BCUT2D eigenvalue weighted by atomic mass is 32.2. The van der Waals surface area contributed by atoms with Crippen molar-refractivity contribution in [3.8, 4) is 11.5 Å². The van der Waals surface area contributed by atoms with Gasteiger partial charge in [-0.1, -0.05) is 12.1 Å². The van der Waals surface area contributed by atoms with Crippen LogP contribution in [0.2, 0.25) is 0 Å². The number of rotatable bonds is 6. The molecule has 7 nitrogen and oxygen atoms in total. The SMILES string of the molecule is COc1cc(C(=O)NS(=O)(=O)c2cccc(C(C)=O)c2)cc(OC)c1C. The number of methoxy groups -OCH3 is 2. The zero-order valence-electron chi connectivity index (χ0n) is 14.8. The van der Waals surface area contributed by atoms with Gasteiger partial charge in [0.15, 0.2) is 5.78 Å². The third-order valence-electron chi connectivity index (χ3n) is 3.79. The minimum absolute atomic E-state index is 0.0654. The lowest BCUT2D eigenvalue weighted by Crippen LogP contribution is -2.30. The van der Waals surface area contributed by atoms with Crippen LogP contribution in [0.25, 0.3) is 0 Å². The Morgan fingerprint density at radius 1 is 0.962 bits per heavy atom. The molecule has 1 N–H and O–H groups in total. The van der Waals surface area contributed by atoms with Crippen molar-refractivity contribution in [2.75, 3.05) is 14.2 Å². The highest BCUT2D eigenvalue weighted by Crippen LogP contribution is 2.29. The van der Waals surface area contributed by atoms with Crippen molar-refractivity contribution in [3.05, 3.63) is 53.1 Å². The molecule has 1 amide bonds. The van der Waals surface area contributed by atoms with Gasteiger partial charge in [-0.05, 0) is 38.1 Å². The smallest absolute Gasteiger partial charge is 0.265 e. The van der Waals surface area contributed by atoms with Crippen molar-refractivity contribution in [2.45, 2.75) is 18.7 Å². The van der Waals surface area contributed by atoms with Crippen molar-refractivity contribution >= 4 is 21.7 Å². The van der Waals surface area contributed by atoms with Gasteiger partial charge in [0.2, 0.25) is 0 Å². The van der Waals surface area contributed by atoms with E-state index in [1.165, 1.54) is 57.5 Å². The van der Waals surface area contributed by atoms with E-state index in [1.54, 1.807) is 6.92 Å². The summed E-state index contributed by atoms with van der Waals surface area (Å²) in [5.41, 5.74) is 0.984. The van der Waals surface area contributed by atoms with E-state index in [4.69, 9.17) is 9.47 Å². The number of amides is 1. The van der Waals surface area contributed by atoms with E-state index in [-0.39, 0.29) is 21.8 Å². The average molecular weight is 377 g/mol. The minimum Gasteiger partial charge on any atom is -0.496 e. The molecule has 138 valence electrons. The summed E-state index contributed by atoms with van der Waals surface area (Å²) in [4.78, 5) is 23.7. The maximum atomic E-state index is 12.5. The summed E-state index contributed by atoms with van der Waals surface area (Å²) >= 11 is 0. The zero-order chi connectivity index (χ0) is 19.5. The fourth-order valence-corrected chi connectivity index (χ4v) is 3.36. The van der Waals surface area contributed by atoms with E-state index in [0.717, 1.165) is 0 Å². The Balaban J connectivity index is 2.37. The summed E-state index contributed by atoms with van der Waals surface area (Å²) in [6, 6.07) is 8.31. The number of Topliss-reactive ketones (excluding diaryl/α,β-unsaturated/α-hetero) is 1. The van der Waals surface area contributed by atoms with Gasteiger partial charge in [0, 0.05) is 16.7 Å². The van der Waals surface area contributed by atoms with Gasteiger partial charge in [0.1, 0.15) is 11.5 Å². The van der Waals surface area contributed by atoms with Crippen LogP contribution in [0.3, 0.4) is 0 Å². The second-order valence-corrected chi connectivity index (χ2v) is 7.21. The number of carbonyl (C=O) groups is 2. The van der Waals surface area contributed by atoms with Crippen LogP contribution in [0.4, 0.5) is 0 Å². The molecular formula is C18H19NO6S. The molecule has 0 aliphatic heterocycles.